The van der Waals surface area contributed by atoms with E-state index in [-0.39, 0.29) is 17.5 Å². The fourth-order valence-corrected chi connectivity index (χ4v) is 3.51. The normalized spacial score (nSPS) is 18.5. The van der Waals surface area contributed by atoms with Crippen LogP contribution in [-0.4, -0.2) is 23.4 Å². The van der Waals surface area contributed by atoms with Crippen molar-refractivity contribution in [3.8, 4) is 0 Å². The molecule has 0 aromatic heterocycles. The zero-order valence-electron chi connectivity index (χ0n) is 12.5. The quantitative estimate of drug-likeness (QED) is 0.901. The molecule has 1 aromatic carbocycles. The van der Waals surface area contributed by atoms with Crippen LogP contribution in [0.25, 0.3) is 0 Å². The number of hydrogen-bond acceptors (Lipinski definition) is 2. The summed E-state index contributed by atoms with van der Waals surface area (Å²) in [4.78, 5) is 14.2. The number of carbonyl (C=O) groups excluding carboxylic acids is 1. The first kappa shape index (κ1) is 16.6. The van der Waals surface area contributed by atoms with Crippen molar-refractivity contribution < 1.29 is 4.79 Å². The second kappa shape index (κ2) is 6.55. The highest BCUT2D eigenvalue weighted by atomic mass is 35.5. The summed E-state index contributed by atoms with van der Waals surface area (Å²) in [6, 6.07) is 5.26. The van der Waals surface area contributed by atoms with Crippen molar-refractivity contribution in [3.63, 3.8) is 0 Å². The lowest BCUT2D eigenvalue weighted by Crippen LogP contribution is -2.43. The lowest BCUT2D eigenvalue weighted by Gasteiger charge is -2.30. The largest absolute Gasteiger partial charge is 0.339 e. The molecule has 1 aromatic rings. The van der Waals surface area contributed by atoms with E-state index in [2.05, 4.69) is 0 Å². The number of amides is 1. The van der Waals surface area contributed by atoms with Gasteiger partial charge in [-0.15, -0.1) is 0 Å². The third kappa shape index (κ3) is 3.91. The first-order valence-corrected chi connectivity index (χ1v) is 8.07. The Balaban J connectivity index is 2.07. The summed E-state index contributed by atoms with van der Waals surface area (Å²) < 4.78 is 0. The molecule has 0 heterocycles. The Hall–Kier alpha value is -0.770. The number of carbonyl (C=O) groups is 1. The predicted octanol–water partition coefficient (Wildman–Crippen LogP) is 4.17. The number of halogens is 2. The Morgan fingerprint density at radius 2 is 2.00 bits per heavy atom. The predicted molar refractivity (Wildman–Crippen MR) is 87.7 cm³/mol. The Morgan fingerprint density at radius 1 is 1.38 bits per heavy atom. The zero-order valence-corrected chi connectivity index (χ0v) is 14.0. The van der Waals surface area contributed by atoms with Gasteiger partial charge in [-0.05, 0) is 37.5 Å². The Kier molecular flexibility index (Phi) is 5.18. The number of nitrogens with two attached hydrogens (primary N) is 1. The van der Waals surface area contributed by atoms with Crippen molar-refractivity contribution in [2.24, 2.45) is 5.73 Å². The first-order valence-electron chi connectivity index (χ1n) is 7.32. The van der Waals surface area contributed by atoms with Crippen molar-refractivity contribution in [2.45, 2.75) is 50.6 Å². The summed E-state index contributed by atoms with van der Waals surface area (Å²) in [6.07, 6.45) is 4.50. The van der Waals surface area contributed by atoms with Gasteiger partial charge in [0.05, 0.1) is 6.04 Å². The minimum Gasteiger partial charge on any atom is -0.339 e. The maximum Gasteiger partial charge on any atom is 0.224 e. The summed E-state index contributed by atoms with van der Waals surface area (Å²) in [5.41, 5.74) is 6.87. The van der Waals surface area contributed by atoms with Crippen LogP contribution >= 0.6 is 23.2 Å². The fraction of sp³-hybridized carbons (Fsp3) is 0.562. The van der Waals surface area contributed by atoms with E-state index in [1.165, 1.54) is 0 Å². The van der Waals surface area contributed by atoms with Crippen LogP contribution in [0.3, 0.4) is 0 Å². The van der Waals surface area contributed by atoms with E-state index in [1.807, 2.05) is 13.0 Å². The lowest BCUT2D eigenvalue weighted by atomic mass is 9.93. The molecular weight excluding hydrogens is 307 g/mol. The molecule has 3 nitrogen and oxygen atoms in total. The molecule has 1 amide bonds. The van der Waals surface area contributed by atoms with Gasteiger partial charge in [-0.2, -0.15) is 0 Å². The molecule has 21 heavy (non-hydrogen) atoms. The Labute approximate surface area is 136 Å². The molecule has 0 saturated heterocycles. The number of rotatable bonds is 4. The van der Waals surface area contributed by atoms with Crippen LogP contribution in [0.15, 0.2) is 18.2 Å². The molecule has 1 atom stereocenters. The molecule has 1 aliphatic carbocycles. The maximum absolute atomic E-state index is 12.5. The number of hydrogen-bond donors (Lipinski definition) is 1. The van der Waals surface area contributed by atoms with E-state index in [4.69, 9.17) is 28.9 Å². The molecular formula is C16H22Cl2N2O. The average Bonchev–Trinajstić information content (AvgIpc) is 2.83. The highest BCUT2D eigenvalue weighted by Gasteiger charge is 2.33. The molecule has 116 valence electrons. The van der Waals surface area contributed by atoms with Crippen LogP contribution < -0.4 is 5.73 Å². The minimum absolute atomic E-state index is 0.0675. The molecule has 2 N–H and O–H groups in total. The van der Waals surface area contributed by atoms with Crippen molar-refractivity contribution in [1.29, 1.82) is 0 Å². The van der Waals surface area contributed by atoms with Gasteiger partial charge in [-0.25, -0.2) is 0 Å². The summed E-state index contributed by atoms with van der Waals surface area (Å²) in [5.74, 6) is 0.0675. The van der Waals surface area contributed by atoms with Crippen LogP contribution in [0, 0.1) is 0 Å². The highest BCUT2D eigenvalue weighted by molar-refractivity contribution is 6.35. The van der Waals surface area contributed by atoms with Gasteiger partial charge in [-0.1, -0.05) is 42.1 Å². The average molecular weight is 329 g/mol. The molecule has 2 rings (SSSR count). The first-order chi connectivity index (χ1) is 9.82. The van der Waals surface area contributed by atoms with Crippen molar-refractivity contribution in [1.82, 2.24) is 4.90 Å². The van der Waals surface area contributed by atoms with Gasteiger partial charge in [0.15, 0.2) is 0 Å². The summed E-state index contributed by atoms with van der Waals surface area (Å²) in [6.45, 7) is 1.96. The topological polar surface area (TPSA) is 46.3 Å². The number of benzene rings is 1. The molecule has 5 heteroatoms. The highest BCUT2D eigenvalue weighted by Crippen LogP contribution is 2.33. The zero-order chi connectivity index (χ0) is 15.6. The van der Waals surface area contributed by atoms with Crippen LogP contribution in [0.4, 0.5) is 0 Å². The third-order valence-electron chi connectivity index (χ3n) is 4.49. The smallest absolute Gasteiger partial charge is 0.224 e. The van der Waals surface area contributed by atoms with Gasteiger partial charge < -0.3 is 10.6 Å². The molecule has 1 saturated carbocycles. The van der Waals surface area contributed by atoms with E-state index in [0.29, 0.717) is 16.5 Å². The lowest BCUT2D eigenvalue weighted by molar-refractivity contribution is -0.133. The Bertz CT molecular complexity index is 527. The monoisotopic (exact) mass is 328 g/mol. The van der Waals surface area contributed by atoms with E-state index in [9.17, 15) is 4.79 Å². The summed E-state index contributed by atoms with van der Waals surface area (Å²) in [5, 5.41) is 1.18. The molecule has 0 aliphatic heterocycles. The number of nitrogens with zero attached hydrogens (tertiary/aromatic N) is 1. The van der Waals surface area contributed by atoms with Gasteiger partial charge in [0.1, 0.15) is 0 Å². The molecule has 1 aliphatic rings. The molecule has 0 spiro atoms. The minimum atomic E-state index is -0.325. The maximum atomic E-state index is 12.5. The van der Waals surface area contributed by atoms with E-state index in [0.717, 1.165) is 31.2 Å². The SMILES string of the molecule is CC(c1ccc(Cl)cc1Cl)N(C)C(=O)CC1(N)CCCC1. The molecule has 1 unspecified atom stereocenters. The van der Waals surface area contributed by atoms with E-state index >= 15 is 0 Å². The Morgan fingerprint density at radius 3 is 2.57 bits per heavy atom. The fourth-order valence-electron chi connectivity index (χ4n) is 2.95. The second-order valence-corrected chi connectivity index (χ2v) is 6.94. The van der Waals surface area contributed by atoms with Crippen molar-refractivity contribution in [3.05, 3.63) is 33.8 Å². The van der Waals surface area contributed by atoms with Crippen molar-refractivity contribution in [2.75, 3.05) is 7.05 Å². The van der Waals surface area contributed by atoms with Gasteiger partial charge in [0, 0.05) is 29.1 Å². The summed E-state index contributed by atoms with van der Waals surface area (Å²) in [7, 11) is 1.80. The van der Waals surface area contributed by atoms with Crippen LogP contribution in [-0.2, 0) is 4.79 Å². The van der Waals surface area contributed by atoms with E-state index in [1.54, 1.807) is 24.1 Å². The van der Waals surface area contributed by atoms with Crippen LogP contribution in [0.5, 0.6) is 0 Å². The van der Waals surface area contributed by atoms with Gasteiger partial charge in [-0.3, -0.25) is 4.79 Å². The standard InChI is InChI=1S/C16H22Cl2N2O/c1-11(13-6-5-12(17)9-14(13)18)20(2)15(21)10-16(19)7-3-4-8-16/h5-6,9,11H,3-4,7-8,10,19H2,1-2H3. The van der Waals surface area contributed by atoms with Crippen molar-refractivity contribution >= 4 is 29.1 Å². The van der Waals surface area contributed by atoms with Gasteiger partial charge in [0.2, 0.25) is 5.91 Å². The van der Waals surface area contributed by atoms with Crippen LogP contribution in [0.2, 0.25) is 10.0 Å². The van der Waals surface area contributed by atoms with Crippen LogP contribution in [0.1, 0.15) is 50.6 Å². The third-order valence-corrected chi connectivity index (χ3v) is 5.05. The molecule has 1 fully saturated rings. The van der Waals surface area contributed by atoms with Gasteiger partial charge in [0.25, 0.3) is 0 Å². The molecule has 0 bridgehead atoms. The van der Waals surface area contributed by atoms with E-state index < -0.39 is 0 Å². The summed E-state index contributed by atoms with van der Waals surface area (Å²) >= 11 is 12.1. The second-order valence-electron chi connectivity index (χ2n) is 6.09. The van der Waals surface area contributed by atoms with Gasteiger partial charge >= 0.3 is 0 Å². The molecule has 0 radical (unpaired) electrons.